The highest BCUT2D eigenvalue weighted by Gasteiger charge is 2.11. The minimum Gasteiger partial charge on any atom is -0.489 e. The molecule has 100 valence electrons. The summed E-state index contributed by atoms with van der Waals surface area (Å²) in [5.74, 6) is 1.22. The summed E-state index contributed by atoms with van der Waals surface area (Å²) in [5.41, 5.74) is 2.27. The fourth-order valence-corrected chi connectivity index (χ4v) is 1.97. The summed E-state index contributed by atoms with van der Waals surface area (Å²) >= 11 is 6.30. The standard InChI is InChI=1S/C17H19ClO/c1-12(2)13(3)19-17-10-9-15(11-16(17)18)14-7-5-4-6-8-14/h4-13H,1-3H3. The van der Waals surface area contributed by atoms with E-state index in [2.05, 4.69) is 32.9 Å². The fraction of sp³-hybridized carbons (Fsp3) is 0.294. The van der Waals surface area contributed by atoms with Crippen LogP contribution in [-0.4, -0.2) is 6.10 Å². The summed E-state index contributed by atoms with van der Waals surface area (Å²) in [5, 5.41) is 0.661. The maximum Gasteiger partial charge on any atom is 0.138 e. The van der Waals surface area contributed by atoms with E-state index < -0.39 is 0 Å². The van der Waals surface area contributed by atoms with Gasteiger partial charge in [-0.15, -0.1) is 0 Å². The van der Waals surface area contributed by atoms with Gasteiger partial charge in [0.15, 0.2) is 0 Å². The van der Waals surface area contributed by atoms with Crippen LogP contribution in [0, 0.1) is 5.92 Å². The van der Waals surface area contributed by atoms with E-state index in [1.165, 1.54) is 0 Å². The van der Waals surface area contributed by atoms with Crippen LogP contribution >= 0.6 is 11.6 Å². The van der Waals surface area contributed by atoms with Crippen LogP contribution < -0.4 is 4.74 Å². The van der Waals surface area contributed by atoms with Crippen molar-refractivity contribution in [1.29, 1.82) is 0 Å². The van der Waals surface area contributed by atoms with Crippen molar-refractivity contribution in [2.45, 2.75) is 26.9 Å². The van der Waals surface area contributed by atoms with Gasteiger partial charge in [0.2, 0.25) is 0 Å². The van der Waals surface area contributed by atoms with Crippen molar-refractivity contribution in [1.82, 2.24) is 0 Å². The van der Waals surface area contributed by atoms with Crippen LogP contribution in [0.1, 0.15) is 20.8 Å². The van der Waals surface area contributed by atoms with E-state index in [0.29, 0.717) is 10.9 Å². The van der Waals surface area contributed by atoms with Crippen molar-refractivity contribution in [2.24, 2.45) is 5.92 Å². The van der Waals surface area contributed by atoms with Crippen molar-refractivity contribution in [3.63, 3.8) is 0 Å². The van der Waals surface area contributed by atoms with Crippen molar-refractivity contribution in [3.05, 3.63) is 53.6 Å². The monoisotopic (exact) mass is 274 g/mol. The molecular formula is C17H19ClO. The van der Waals surface area contributed by atoms with E-state index in [0.717, 1.165) is 16.9 Å². The minimum absolute atomic E-state index is 0.153. The predicted molar refractivity (Wildman–Crippen MR) is 81.8 cm³/mol. The first-order valence-corrected chi connectivity index (χ1v) is 6.97. The van der Waals surface area contributed by atoms with Gasteiger partial charge < -0.3 is 4.74 Å². The third kappa shape index (κ3) is 3.51. The lowest BCUT2D eigenvalue weighted by Crippen LogP contribution is -2.18. The molecule has 1 nitrogen and oxygen atoms in total. The minimum atomic E-state index is 0.153. The Balaban J connectivity index is 2.23. The highest BCUT2D eigenvalue weighted by Crippen LogP contribution is 2.31. The van der Waals surface area contributed by atoms with Gasteiger partial charge in [-0.05, 0) is 36.1 Å². The zero-order valence-electron chi connectivity index (χ0n) is 11.6. The summed E-state index contributed by atoms with van der Waals surface area (Å²) in [6, 6.07) is 16.1. The molecule has 0 aliphatic rings. The summed E-state index contributed by atoms with van der Waals surface area (Å²) in [6.07, 6.45) is 0.153. The molecule has 0 saturated carbocycles. The molecule has 1 unspecified atom stereocenters. The number of benzene rings is 2. The smallest absolute Gasteiger partial charge is 0.138 e. The molecule has 2 aromatic rings. The quantitative estimate of drug-likeness (QED) is 0.722. The lowest BCUT2D eigenvalue weighted by molar-refractivity contribution is 0.170. The number of rotatable bonds is 4. The lowest BCUT2D eigenvalue weighted by atomic mass is 10.1. The van der Waals surface area contributed by atoms with E-state index in [4.69, 9.17) is 16.3 Å². The first kappa shape index (κ1) is 14.0. The molecule has 0 bridgehead atoms. The Hall–Kier alpha value is -1.47. The van der Waals surface area contributed by atoms with Crippen molar-refractivity contribution in [2.75, 3.05) is 0 Å². The third-order valence-electron chi connectivity index (χ3n) is 3.29. The predicted octanol–water partition coefficient (Wildman–Crippen LogP) is 5.43. The zero-order chi connectivity index (χ0) is 13.8. The molecule has 0 heterocycles. The van der Waals surface area contributed by atoms with Crippen LogP contribution in [0.15, 0.2) is 48.5 Å². The van der Waals surface area contributed by atoms with Crippen LogP contribution in [0.3, 0.4) is 0 Å². The molecule has 0 saturated heterocycles. The fourth-order valence-electron chi connectivity index (χ4n) is 1.74. The molecule has 0 aromatic heterocycles. The Labute approximate surface area is 120 Å². The van der Waals surface area contributed by atoms with Crippen molar-refractivity contribution < 1.29 is 4.74 Å². The van der Waals surface area contributed by atoms with Gasteiger partial charge in [0, 0.05) is 0 Å². The van der Waals surface area contributed by atoms with Crippen LogP contribution in [0.25, 0.3) is 11.1 Å². The number of hydrogen-bond acceptors (Lipinski definition) is 1. The van der Waals surface area contributed by atoms with Crippen LogP contribution in [0.4, 0.5) is 0 Å². The van der Waals surface area contributed by atoms with Gasteiger partial charge in [0.25, 0.3) is 0 Å². The lowest BCUT2D eigenvalue weighted by Gasteiger charge is -2.19. The molecule has 2 rings (SSSR count). The van der Waals surface area contributed by atoms with Crippen molar-refractivity contribution >= 4 is 11.6 Å². The largest absolute Gasteiger partial charge is 0.489 e. The second-order valence-electron chi connectivity index (χ2n) is 5.08. The molecule has 19 heavy (non-hydrogen) atoms. The second kappa shape index (κ2) is 6.12. The summed E-state index contributed by atoms with van der Waals surface area (Å²) in [6.45, 7) is 6.33. The van der Waals surface area contributed by atoms with Crippen LogP contribution in [-0.2, 0) is 0 Å². The van der Waals surface area contributed by atoms with Gasteiger partial charge in [-0.3, -0.25) is 0 Å². The molecule has 1 atom stereocenters. The molecule has 0 N–H and O–H groups in total. The van der Waals surface area contributed by atoms with Crippen LogP contribution in [0.2, 0.25) is 5.02 Å². The number of halogens is 1. The SMILES string of the molecule is CC(C)C(C)Oc1ccc(-c2ccccc2)cc1Cl. The highest BCUT2D eigenvalue weighted by molar-refractivity contribution is 6.32. The van der Waals surface area contributed by atoms with E-state index in [9.17, 15) is 0 Å². The molecular weight excluding hydrogens is 256 g/mol. The third-order valence-corrected chi connectivity index (χ3v) is 3.59. The molecule has 0 aliphatic heterocycles. The highest BCUT2D eigenvalue weighted by atomic mass is 35.5. The van der Waals surface area contributed by atoms with Gasteiger partial charge in [0.05, 0.1) is 11.1 Å². The Bertz CT molecular complexity index is 534. The summed E-state index contributed by atoms with van der Waals surface area (Å²) in [7, 11) is 0. The molecule has 2 aromatic carbocycles. The van der Waals surface area contributed by atoms with Gasteiger partial charge in [-0.1, -0.05) is 61.8 Å². The topological polar surface area (TPSA) is 9.23 Å². The van der Waals surface area contributed by atoms with E-state index in [1.807, 2.05) is 36.4 Å². The van der Waals surface area contributed by atoms with E-state index in [-0.39, 0.29) is 6.10 Å². The van der Waals surface area contributed by atoms with E-state index >= 15 is 0 Å². The summed E-state index contributed by atoms with van der Waals surface area (Å²) in [4.78, 5) is 0. The average molecular weight is 275 g/mol. The van der Waals surface area contributed by atoms with Gasteiger partial charge in [-0.25, -0.2) is 0 Å². The first-order chi connectivity index (χ1) is 9.08. The summed E-state index contributed by atoms with van der Waals surface area (Å²) < 4.78 is 5.87. The van der Waals surface area contributed by atoms with Crippen LogP contribution in [0.5, 0.6) is 5.75 Å². The number of ether oxygens (including phenoxy) is 1. The van der Waals surface area contributed by atoms with E-state index in [1.54, 1.807) is 0 Å². The number of hydrogen-bond donors (Lipinski definition) is 0. The molecule has 0 radical (unpaired) electrons. The molecule has 0 spiro atoms. The maximum atomic E-state index is 6.30. The van der Waals surface area contributed by atoms with Gasteiger partial charge in [-0.2, -0.15) is 0 Å². The Kier molecular flexibility index (Phi) is 4.49. The van der Waals surface area contributed by atoms with Gasteiger partial charge in [0.1, 0.15) is 5.75 Å². The maximum absolute atomic E-state index is 6.30. The van der Waals surface area contributed by atoms with Crippen molar-refractivity contribution in [3.8, 4) is 16.9 Å². The average Bonchev–Trinajstić information content (AvgIpc) is 2.41. The molecule has 0 aliphatic carbocycles. The molecule has 0 amide bonds. The Morgan fingerprint density at radius 3 is 2.16 bits per heavy atom. The zero-order valence-corrected chi connectivity index (χ0v) is 12.3. The molecule has 0 fully saturated rings. The molecule has 2 heteroatoms. The van der Waals surface area contributed by atoms with Gasteiger partial charge >= 0.3 is 0 Å². The first-order valence-electron chi connectivity index (χ1n) is 6.59. The second-order valence-corrected chi connectivity index (χ2v) is 5.49. The Morgan fingerprint density at radius 1 is 0.895 bits per heavy atom. The Morgan fingerprint density at radius 2 is 1.58 bits per heavy atom. The normalized spacial score (nSPS) is 12.5.